The summed E-state index contributed by atoms with van der Waals surface area (Å²) >= 11 is 0. The lowest BCUT2D eigenvalue weighted by atomic mass is 10.2. The summed E-state index contributed by atoms with van der Waals surface area (Å²) in [6.45, 7) is 5.99. The van der Waals surface area contributed by atoms with Gasteiger partial charge in [-0.3, -0.25) is 4.79 Å². The topological polar surface area (TPSA) is 96.4 Å². The molecule has 0 spiro atoms. The molecule has 9 nitrogen and oxygen atoms in total. The largest absolute Gasteiger partial charge is 0.378 e. The highest BCUT2D eigenvalue weighted by atomic mass is 16.5. The van der Waals surface area contributed by atoms with Crippen LogP contribution in [0.1, 0.15) is 34.0 Å². The van der Waals surface area contributed by atoms with E-state index in [4.69, 9.17) is 4.74 Å². The maximum atomic E-state index is 12.3. The lowest BCUT2D eigenvalue weighted by molar-refractivity contribution is 0.0815. The number of hydrogen-bond acceptors (Lipinski definition) is 8. The Morgan fingerprint density at radius 1 is 1.32 bits per heavy atom. The number of ether oxygens (including phenoxy) is 1. The van der Waals surface area contributed by atoms with Crippen LogP contribution in [-0.2, 0) is 11.3 Å². The van der Waals surface area contributed by atoms with E-state index in [1.54, 1.807) is 27.5 Å². The number of rotatable bonds is 6. The Morgan fingerprint density at radius 3 is 2.82 bits per heavy atom. The van der Waals surface area contributed by atoms with Crippen molar-refractivity contribution in [2.24, 2.45) is 0 Å². The van der Waals surface area contributed by atoms with Crippen LogP contribution < -0.4 is 10.2 Å². The Morgan fingerprint density at radius 2 is 2.11 bits per heavy atom. The molecule has 3 rings (SSSR count). The van der Waals surface area contributed by atoms with Gasteiger partial charge in [0.25, 0.3) is 5.91 Å². The molecule has 0 radical (unpaired) electrons. The lowest BCUT2D eigenvalue weighted by Crippen LogP contribution is -2.30. The zero-order valence-corrected chi connectivity index (χ0v) is 17.1. The van der Waals surface area contributed by atoms with Crippen LogP contribution in [0.2, 0.25) is 0 Å². The zero-order chi connectivity index (χ0) is 20.3. The van der Waals surface area contributed by atoms with Crippen molar-refractivity contribution < 1.29 is 9.53 Å². The number of nitrogens with one attached hydrogen (secondary N) is 1. The third-order valence-corrected chi connectivity index (χ3v) is 4.82. The maximum absolute atomic E-state index is 12.3. The molecule has 0 aromatic carbocycles. The highest BCUT2D eigenvalue weighted by Crippen LogP contribution is 2.25. The summed E-state index contributed by atoms with van der Waals surface area (Å²) in [7, 11) is 5.05. The van der Waals surface area contributed by atoms with Gasteiger partial charge in [-0.15, -0.1) is 0 Å². The number of amides is 1. The number of anilines is 2. The molecule has 2 aromatic heterocycles. The van der Waals surface area contributed by atoms with Crippen LogP contribution in [0.4, 0.5) is 11.6 Å². The van der Waals surface area contributed by atoms with E-state index < -0.39 is 0 Å². The van der Waals surface area contributed by atoms with E-state index in [9.17, 15) is 4.79 Å². The van der Waals surface area contributed by atoms with Crippen molar-refractivity contribution >= 4 is 17.5 Å². The first kappa shape index (κ1) is 19.9. The van der Waals surface area contributed by atoms with Gasteiger partial charge in [-0.1, -0.05) is 0 Å². The van der Waals surface area contributed by atoms with Gasteiger partial charge in [0.1, 0.15) is 18.0 Å². The molecule has 28 heavy (non-hydrogen) atoms. The van der Waals surface area contributed by atoms with Gasteiger partial charge in [-0.25, -0.2) is 19.9 Å². The van der Waals surface area contributed by atoms with Gasteiger partial charge >= 0.3 is 0 Å². The molecule has 1 fully saturated rings. The van der Waals surface area contributed by atoms with Gasteiger partial charge in [0.2, 0.25) is 5.82 Å². The average molecular weight is 385 g/mol. The van der Waals surface area contributed by atoms with E-state index >= 15 is 0 Å². The highest BCUT2D eigenvalue weighted by molar-refractivity contribution is 5.90. The van der Waals surface area contributed by atoms with Gasteiger partial charge in [0.05, 0.1) is 12.3 Å². The Bertz CT molecular complexity index is 856. The molecule has 9 heteroatoms. The molecule has 2 aromatic rings. The molecule has 0 aliphatic carbocycles. The molecule has 1 amide bonds. The second kappa shape index (κ2) is 8.47. The van der Waals surface area contributed by atoms with Crippen LogP contribution in [0.25, 0.3) is 0 Å². The van der Waals surface area contributed by atoms with E-state index in [-0.39, 0.29) is 17.8 Å². The van der Waals surface area contributed by atoms with Crippen LogP contribution >= 0.6 is 0 Å². The standard InChI is InChI=1S/C19H27N7O2/c1-12-13(2)22-17(19(27)25(3)4)24-18(12)26-7-6-14(9-26)23-16-8-15(10-28-5)20-11-21-16/h8,11,14H,6-7,9-10H2,1-5H3,(H,20,21,23)/t14-/m1/s1. The molecule has 0 bridgehead atoms. The number of aromatic nitrogens is 4. The lowest BCUT2D eigenvalue weighted by Gasteiger charge is -2.22. The van der Waals surface area contributed by atoms with Crippen molar-refractivity contribution in [3.63, 3.8) is 0 Å². The van der Waals surface area contributed by atoms with Crippen molar-refractivity contribution in [1.82, 2.24) is 24.8 Å². The average Bonchev–Trinajstić information content (AvgIpc) is 3.12. The smallest absolute Gasteiger partial charge is 0.291 e. The van der Waals surface area contributed by atoms with Crippen molar-refractivity contribution in [3.8, 4) is 0 Å². The van der Waals surface area contributed by atoms with Gasteiger partial charge in [-0.2, -0.15) is 0 Å². The fraction of sp³-hybridized carbons (Fsp3) is 0.526. The first-order valence-corrected chi connectivity index (χ1v) is 9.27. The van der Waals surface area contributed by atoms with Crippen molar-refractivity contribution in [3.05, 3.63) is 35.2 Å². The Balaban J connectivity index is 1.74. The van der Waals surface area contributed by atoms with Crippen LogP contribution in [0.3, 0.4) is 0 Å². The van der Waals surface area contributed by atoms with Crippen molar-refractivity contribution in [1.29, 1.82) is 0 Å². The number of carbonyl (C=O) groups is 1. The summed E-state index contributed by atoms with van der Waals surface area (Å²) in [6.07, 6.45) is 2.49. The third-order valence-electron chi connectivity index (χ3n) is 4.82. The Labute approximate surface area is 165 Å². The molecule has 0 saturated carbocycles. The van der Waals surface area contributed by atoms with E-state index in [1.165, 1.54) is 4.90 Å². The minimum absolute atomic E-state index is 0.190. The molecule has 1 aliphatic rings. The van der Waals surface area contributed by atoms with Crippen LogP contribution in [0.15, 0.2) is 12.4 Å². The third kappa shape index (κ3) is 4.36. The summed E-state index contributed by atoms with van der Waals surface area (Å²) in [5.41, 5.74) is 2.66. The van der Waals surface area contributed by atoms with E-state index in [2.05, 4.69) is 30.2 Å². The Kier molecular flexibility index (Phi) is 6.03. The number of nitrogens with zero attached hydrogens (tertiary/aromatic N) is 6. The molecule has 3 heterocycles. The molecule has 1 aliphatic heterocycles. The van der Waals surface area contributed by atoms with E-state index in [0.29, 0.717) is 6.61 Å². The second-order valence-corrected chi connectivity index (χ2v) is 7.18. The Hall–Kier alpha value is -2.81. The minimum Gasteiger partial charge on any atom is -0.378 e. The van der Waals surface area contributed by atoms with Crippen molar-refractivity contribution in [2.45, 2.75) is 32.9 Å². The minimum atomic E-state index is -0.190. The summed E-state index contributed by atoms with van der Waals surface area (Å²) in [5.74, 6) is 1.65. The number of methoxy groups -OCH3 is 1. The van der Waals surface area contributed by atoms with Crippen LogP contribution in [0.5, 0.6) is 0 Å². The molecular weight excluding hydrogens is 358 g/mol. The second-order valence-electron chi connectivity index (χ2n) is 7.18. The predicted octanol–water partition coefficient (Wildman–Crippen LogP) is 1.42. The summed E-state index contributed by atoms with van der Waals surface area (Å²) in [5, 5.41) is 3.46. The zero-order valence-electron chi connectivity index (χ0n) is 17.1. The summed E-state index contributed by atoms with van der Waals surface area (Å²) in [6, 6.07) is 2.13. The molecule has 0 unspecified atom stereocenters. The normalized spacial score (nSPS) is 16.3. The fourth-order valence-electron chi connectivity index (χ4n) is 3.20. The predicted molar refractivity (Wildman–Crippen MR) is 107 cm³/mol. The molecule has 150 valence electrons. The quantitative estimate of drug-likeness (QED) is 0.798. The SMILES string of the molecule is COCc1cc(N[C@@H]2CCN(c3nc(C(=O)N(C)C)nc(C)c3C)C2)ncn1. The number of carbonyl (C=O) groups excluding carboxylic acids is 1. The monoisotopic (exact) mass is 385 g/mol. The van der Waals surface area contributed by atoms with Gasteiger partial charge in [-0.05, 0) is 20.3 Å². The summed E-state index contributed by atoms with van der Waals surface area (Å²) < 4.78 is 5.13. The van der Waals surface area contributed by atoms with Gasteiger partial charge in [0, 0.05) is 57.7 Å². The number of hydrogen-bond donors (Lipinski definition) is 1. The molecule has 1 N–H and O–H groups in total. The molecule has 1 saturated heterocycles. The van der Waals surface area contributed by atoms with Crippen LogP contribution in [-0.4, -0.2) is 71.1 Å². The molecule has 1 atom stereocenters. The first-order valence-electron chi connectivity index (χ1n) is 9.27. The number of aryl methyl sites for hydroxylation is 1. The maximum Gasteiger partial charge on any atom is 0.291 e. The fourth-order valence-corrected chi connectivity index (χ4v) is 3.20. The van der Waals surface area contributed by atoms with Gasteiger partial charge in [0.15, 0.2) is 0 Å². The first-order chi connectivity index (χ1) is 13.4. The molecular formula is C19H27N7O2. The van der Waals surface area contributed by atoms with E-state index in [1.807, 2.05) is 19.9 Å². The summed E-state index contributed by atoms with van der Waals surface area (Å²) in [4.78, 5) is 33.4. The van der Waals surface area contributed by atoms with Gasteiger partial charge < -0.3 is 19.9 Å². The highest BCUT2D eigenvalue weighted by Gasteiger charge is 2.27. The van der Waals surface area contributed by atoms with Crippen LogP contribution in [0, 0.1) is 13.8 Å². The van der Waals surface area contributed by atoms with E-state index in [0.717, 1.165) is 48.1 Å². The van der Waals surface area contributed by atoms with Crippen molar-refractivity contribution in [2.75, 3.05) is 44.5 Å².